The maximum atomic E-state index is 13.6. The summed E-state index contributed by atoms with van der Waals surface area (Å²) in [5.74, 6) is -1.58. The summed E-state index contributed by atoms with van der Waals surface area (Å²) in [6.45, 7) is 2.32. The molecule has 3 N–H and O–H groups in total. The maximum Gasteiger partial charge on any atom is 0.416 e. The van der Waals surface area contributed by atoms with Gasteiger partial charge >= 0.3 is 6.18 Å². The number of aromatic nitrogens is 2. The van der Waals surface area contributed by atoms with E-state index in [0.29, 0.717) is 33.1 Å². The van der Waals surface area contributed by atoms with Crippen LogP contribution < -0.4 is 10.9 Å². The van der Waals surface area contributed by atoms with Gasteiger partial charge in [-0.25, -0.2) is 0 Å². The number of carbonyl (C=O) groups excluding carboxylic acids is 1. The number of carbonyl (C=O) groups is 1. The van der Waals surface area contributed by atoms with Crippen molar-refractivity contribution in [3.63, 3.8) is 0 Å². The third-order valence-corrected chi connectivity index (χ3v) is 6.12. The first-order valence-corrected chi connectivity index (χ1v) is 11.2. The van der Waals surface area contributed by atoms with Gasteiger partial charge in [-0.2, -0.15) is 18.4 Å². The highest BCUT2D eigenvalue weighted by molar-refractivity contribution is 6.09. The van der Waals surface area contributed by atoms with Crippen LogP contribution in [-0.2, 0) is 11.3 Å². The fourth-order valence-electron chi connectivity index (χ4n) is 4.30. The van der Waals surface area contributed by atoms with Crippen LogP contribution in [0.2, 0.25) is 0 Å². The van der Waals surface area contributed by atoms with Gasteiger partial charge in [0.25, 0.3) is 5.56 Å². The van der Waals surface area contributed by atoms with Crippen molar-refractivity contribution < 1.29 is 23.1 Å². The molecule has 4 rings (SSSR count). The second-order valence-electron chi connectivity index (χ2n) is 8.86. The first kappa shape index (κ1) is 25.0. The molecule has 0 aliphatic heterocycles. The van der Waals surface area contributed by atoms with E-state index in [0.717, 1.165) is 0 Å². The standard InChI is InChI=1S/C26H23F3N4O3/c1-14(2)21(24(35)26(27,28)29)31-20(34)13-33-19(15-7-4-3-5-8-15)11-18-17-10-6-9-16(12-30)22(17)32-23(18)25(33)36/h3-11,14,21,24,32,35H,13H2,1-2H3,(H,31,34). The van der Waals surface area contributed by atoms with Crippen molar-refractivity contribution in [3.05, 3.63) is 70.5 Å². The summed E-state index contributed by atoms with van der Waals surface area (Å²) in [5.41, 5.74) is 1.40. The van der Waals surface area contributed by atoms with Gasteiger partial charge in [0, 0.05) is 10.8 Å². The highest BCUT2D eigenvalue weighted by atomic mass is 19.4. The number of amides is 1. The van der Waals surface area contributed by atoms with Crippen LogP contribution in [0.4, 0.5) is 13.2 Å². The molecule has 2 heterocycles. The van der Waals surface area contributed by atoms with Gasteiger partial charge in [-0.1, -0.05) is 56.3 Å². The van der Waals surface area contributed by atoms with E-state index in [1.165, 1.54) is 18.4 Å². The third kappa shape index (κ3) is 4.57. The number of nitriles is 1. The number of hydrogen-bond acceptors (Lipinski definition) is 4. The van der Waals surface area contributed by atoms with Crippen molar-refractivity contribution in [3.8, 4) is 17.3 Å². The number of fused-ring (bicyclic) bond motifs is 3. The summed E-state index contributed by atoms with van der Waals surface area (Å²) in [6.07, 6.45) is -7.68. The number of aliphatic hydroxyl groups is 1. The Morgan fingerprint density at radius 3 is 2.42 bits per heavy atom. The number of pyridine rings is 1. The normalized spacial score (nSPS) is 13.6. The molecule has 2 aromatic heterocycles. The van der Waals surface area contributed by atoms with E-state index >= 15 is 0 Å². The number of nitrogens with zero attached hydrogens (tertiary/aromatic N) is 2. The Morgan fingerprint density at radius 1 is 1.11 bits per heavy atom. The Bertz CT molecular complexity index is 1530. The number of halogens is 3. The Labute approximate surface area is 203 Å². The lowest BCUT2D eigenvalue weighted by molar-refractivity contribution is -0.215. The SMILES string of the molecule is CC(C)C(NC(=O)Cn1c(-c2ccccc2)cc2c([nH]c3c(C#N)cccc32)c1=O)C(O)C(F)(F)F. The molecule has 0 bridgehead atoms. The van der Waals surface area contributed by atoms with Crippen molar-refractivity contribution in [1.82, 2.24) is 14.9 Å². The monoisotopic (exact) mass is 496 g/mol. The number of hydrogen-bond donors (Lipinski definition) is 3. The smallest absolute Gasteiger partial charge is 0.382 e. The molecule has 2 unspecified atom stereocenters. The number of aromatic amines is 1. The molecule has 0 fully saturated rings. The molecular weight excluding hydrogens is 473 g/mol. The van der Waals surface area contributed by atoms with Gasteiger partial charge in [-0.15, -0.1) is 0 Å². The largest absolute Gasteiger partial charge is 0.416 e. The molecule has 0 aliphatic rings. The van der Waals surface area contributed by atoms with Crippen molar-refractivity contribution in [1.29, 1.82) is 5.26 Å². The van der Waals surface area contributed by atoms with Crippen molar-refractivity contribution in [2.45, 2.75) is 38.7 Å². The summed E-state index contributed by atoms with van der Waals surface area (Å²) >= 11 is 0. The molecular formula is C26H23F3N4O3. The van der Waals surface area contributed by atoms with E-state index in [9.17, 15) is 33.1 Å². The molecule has 0 saturated carbocycles. The molecule has 1 amide bonds. The molecule has 4 aromatic rings. The molecule has 10 heteroatoms. The van der Waals surface area contributed by atoms with Crippen LogP contribution in [0.1, 0.15) is 19.4 Å². The van der Waals surface area contributed by atoms with Gasteiger partial charge in [0.1, 0.15) is 18.1 Å². The summed E-state index contributed by atoms with van der Waals surface area (Å²) in [5, 5.41) is 22.7. The van der Waals surface area contributed by atoms with Crippen LogP contribution in [-0.4, -0.2) is 38.9 Å². The quantitative estimate of drug-likeness (QED) is 0.373. The number of benzene rings is 2. The van der Waals surface area contributed by atoms with E-state index in [-0.39, 0.29) is 5.52 Å². The molecule has 0 spiro atoms. The predicted molar refractivity (Wildman–Crippen MR) is 129 cm³/mol. The molecule has 0 aliphatic carbocycles. The van der Waals surface area contributed by atoms with Crippen LogP contribution >= 0.6 is 0 Å². The number of alkyl halides is 3. The zero-order valence-corrected chi connectivity index (χ0v) is 19.4. The average molecular weight is 496 g/mol. The average Bonchev–Trinajstić information content (AvgIpc) is 3.22. The van der Waals surface area contributed by atoms with Gasteiger partial charge in [0.05, 0.1) is 22.8 Å². The lowest BCUT2D eigenvalue weighted by atomic mass is 9.98. The molecule has 36 heavy (non-hydrogen) atoms. The molecule has 2 aromatic carbocycles. The maximum absolute atomic E-state index is 13.6. The summed E-state index contributed by atoms with van der Waals surface area (Å²) in [4.78, 5) is 29.5. The van der Waals surface area contributed by atoms with Crippen LogP contribution in [0, 0.1) is 17.2 Å². The fourth-order valence-corrected chi connectivity index (χ4v) is 4.30. The molecule has 186 valence electrons. The molecule has 0 radical (unpaired) electrons. The lowest BCUT2D eigenvalue weighted by Crippen LogP contribution is -2.53. The zero-order valence-electron chi connectivity index (χ0n) is 19.4. The van der Waals surface area contributed by atoms with E-state index in [4.69, 9.17) is 0 Å². The Morgan fingerprint density at radius 2 is 1.81 bits per heavy atom. The zero-order chi connectivity index (χ0) is 26.2. The Balaban J connectivity index is 1.84. The van der Waals surface area contributed by atoms with Crippen molar-refractivity contribution >= 4 is 27.7 Å². The van der Waals surface area contributed by atoms with Gasteiger partial charge < -0.3 is 15.4 Å². The van der Waals surface area contributed by atoms with E-state index in [1.807, 2.05) is 0 Å². The summed E-state index contributed by atoms with van der Waals surface area (Å²) < 4.78 is 40.6. The first-order chi connectivity index (χ1) is 17.0. The minimum absolute atomic E-state index is 0.163. The first-order valence-electron chi connectivity index (χ1n) is 11.2. The summed E-state index contributed by atoms with van der Waals surface area (Å²) in [6, 6.07) is 16.1. The second kappa shape index (κ2) is 9.51. The molecule has 2 atom stereocenters. The number of aliphatic hydroxyl groups excluding tert-OH is 1. The number of para-hydroxylation sites is 1. The van der Waals surface area contributed by atoms with Gasteiger partial charge in [0.15, 0.2) is 6.10 Å². The van der Waals surface area contributed by atoms with Gasteiger partial charge in [-0.05, 0) is 23.6 Å². The number of nitrogens with one attached hydrogen (secondary N) is 2. The number of rotatable bonds is 6. The molecule has 7 nitrogen and oxygen atoms in total. The van der Waals surface area contributed by atoms with Crippen molar-refractivity contribution in [2.24, 2.45) is 5.92 Å². The van der Waals surface area contributed by atoms with Crippen LogP contribution in [0.25, 0.3) is 33.1 Å². The Hall–Kier alpha value is -4.10. The fraction of sp³-hybridized carbons (Fsp3) is 0.269. The second-order valence-corrected chi connectivity index (χ2v) is 8.86. The predicted octanol–water partition coefficient (Wildman–Crippen LogP) is 4.09. The lowest BCUT2D eigenvalue weighted by Gasteiger charge is -2.29. The minimum Gasteiger partial charge on any atom is -0.382 e. The van der Waals surface area contributed by atoms with E-state index < -0.39 is 42.3 Å². The van der Waals surface area contributed by atoms with E-state index in [1.54, 1.807) is 54.6 Å². The van der Waals surface area contributed by atoms with Gasteiger partial charge in [-0.3, -0.25) is 14.2 Å². The number of H-pyrrole nitrogens is 1. The topological polar surface area (TPSA) is 111 Å². The highest BCUT2D eigenvalue weighted by Crippen LogP contribution is 2.30. The van der Waals surface area contributed by atoms with Crippen molar-refractivity contribution in [2.75, 3.05) is 0 Å². The summed E-state index contributed by atoms with van der Waals surface area (Å²) in [7, 11) is 0. The van der Waals surface area contributed by atoms with E-state index in [2.05, 4.69) is 16.4 Å². The minimum atomic E-state index is -4.92. The van der Waals surface area contributed by atoms with Crippen LogP contribution in [0.3, 0.4) is 0 Å². The highest BCUT2D eigenvalue weighted by Gasteiger charge is 2.45. The van der Waals surface area contributed by atoms with Crippen LogP contribution in [0.5, 0.6) is 0 Å². The third-order valence-electron chi connectivity index (χ3n) is 6.12. The van der Waals surface area contributed by atoms with Crippen LogP contribution in [0.15, 0.2) is 59.4 Å². The Kier molecular flexibility index (Phi) is 6.61. The van der Waals surface area contributed by atoms with Gasteiger partial charge in [0.2, 0.25) is 5.91 Å². The molecule has 0 saturated heterocycles.